The Bertz CT molecular complexity index is 354. The number of aliphatic carboxylic acids is 1. The maximum atomic E-state index is 10.9. The van der Waals surface area contributed by atoms with E-state index >= 15 is 0 Å². The number of rotatable bonds is 8. The highest BCUT2D eigenvalue weighted by Crippen LogP contribution is 2.41. The third-order valence-corrected chi connectivity index (χ3v) is 3.58. The Morgan fingerprint density at radius 3 is 1.72 bits per heavy atom. The minimum absolute atomic E-state index is 0.0930. The van der Waals surface area contributed by atoms with Crippen LogP contribution in [0.4, 0.5) is 0 Å². The number of hydrogen-bond donors (Lipinski definition) is 6. The summed E-state index contributed by atoms with van der Waals surface area (Å²) in [4.78, 5) is 46.6. The Morgan fingerprint density at radius 1 is 1.11 bits per heavy atom. The van der Waals surface area contributed by atoms with Crippen molar-refractivity contribution in [3.05, 3.63) is 0 Å². The molecule has 0 aliphatic carbocycles. The predicted molar refractivity (Wildman–Crippen MR) is 65.6 cm³/mol. The quantitative estimate of drug-likeness (QED) is 0.252. The van der Waals surface area contributed by atoms with E-state index in [1.165, 1.54) is 0 Å². The topological polar surface area (TPSA) is 156 Å². The fraction of sp³-hybridized carbons (Fsp3) is 0.833. The van der Waals surface area contributed by atoms with Crippen LogP contribution in [0.5, 0.6) is 0 Å². The number of carbonyl (C=O) groups is 1. The molecule has 5 N–H and O–H groups in total. The molecule has 1 atom stereocenters. The lowest BCUT2D eigenvalue weighted by Crippen LogP contribution is -2.42. The third kappa shape index (κ3) is 8.23. The molecule has 0 aromatic heterocycles. The van der Waals surface area contributed by atoms with E-state index in [0.717, 1.165) is 0 Å². The van der Waals surface area contributed by atoms with E-state index in [1.54, 1.807) is 0 Å². The van der Waals surface area contributed by atoms with Crippen molar-refractivity contribution in [1.82, 2.24) is 4.90 Å². The van der Waals surface area contributed by atoms with Gasteiger partial charge in [0.2, 0.25) is 0 Å². The molecule has 0 saturated carbocycles. The summed E-state index contributed by atoms with van der Waals surface area (Å²) in [6.07, 6.45) is -2.18. The number of carboxylic acids is 1. The summed E-state index contributed by atoms with van der Waals surface area (Å²) in [5.41, 5.74) is 0. The van der Waals surface area contributed by atoms with Crippen LogP contribution in [0.1, 0.15) is 6.42 Å². The summed E-state index contributed by atoms with van der Waals surface area (Å²) in [6.45, 7) is 0. The highest BCUT2D eigenvalue weighted by molar-refractivity contribution is 7.80. The largest absolute Gasteiger partial charge is 0.480 e. The van der Waals surface area contributed by atoms with E-state index in [2.05, 4.69) is 12.6 Å². The lowest BCUT2D eigenvalue weighted by molar-refractivity contribution is -0.142. The SMILES string of the molecule is O=C(O)[C@@H](CCS)N(CP(=O)(O)O)CP(=O)(O)O. The number of nitrogens with zero attached hydrogens (tertiary/aromatic N) is 1. The van der Waals surface area contributed by atoms with Gasteiger partial charge in [-0.25, -0.2) is 0 Å². The summed E-state index contributed by atoms with van der Waals surface area (Å²) in [5, 5.41) is 8.89. The Morgan fingerprint density at radius 2 is 1.50 bits per heavy atom. The van der Waals surface area contributed by atoms with E-state index in [-0.39, 0.29) is 12.2 Å². The van der Waals surface area contributed by atoms with Crippen LogP contribution in [0.25, 0.3) is 0 Å². The van der Waals surface area contributed by atoms with Crippen molar-refractivity contribution in [3.8, 4) is 0 Å². The van der Waals surface area contributed by atoms with Gasteiger partial charge < -0.3 is 24.7 Å². The van der Waals surface area contributed by atoms with E-state index in [4.69, 9.17) is 24.7 Å². The maximum absolute atomic E-state index is 10.9. The van der Waals surface area contributed by atoms with E-state index < -0.39 is 39.8 Å². The molecule has 0 aliphatic heterocycles. The lowest BCUT2D eigenvalue weighted by atomic mass is 10.2. The Labute approximate surface area is 109 Å². The Hall–Kier alpha value is 0.0800. The number of hydrogen-bond acceptors (Lipinski definition) is 5. The Balaban J connectivity index is 5.09. The van der Waals surface area contributed by atoms with Crippen molar-refractivity contribution in [3.63, 3.8) is 0 Å². The van der Waals surface area contributed by atoms with Crippen molar-refractivity contribution in [2.24, 2.45) is 0 Å². The molecule has 0 aromatic carbocycles. The van der Waals surface area contributed by atoms with Crippen LogP contribution in [-0.2, 0) is 13.9 Å². The van der Waals surface area contributed by atoms with Crippen molar-refractivity contribution in [2.45, 2.75) is 12.5 Å². The van der Waals surface area contributed by atoms with Crippen molar-refractivity contribution < 1.29 is 38.6 Å². The van der Waals surface area contributed by atoms with Gasteiger partial charge in [-0.05, 0) is 12.2 Å². The number of carboxylic acid groups (broad SMARTS) is 1. The molecule has 0 amide bonds. The first-order valence-electron chi connectivity index (χ1n) is 4.63. The van der Waals surface area contributed by atoms with Crippen LogP contribution in [0.3, 0.4) is 0 Å². The zero-order valence-corrected chi connectivity index (χ0v) is 11.8. The molecule has 0 fully saturated rings. The van der Waals surface area contributed by atoms with E-state index in [0.29, 0.717) is 4.90 Å². The molecule has 108 valence electrons. The summed E-state index contributed by atoms with van der Waals surface area (Å²) in [7, 11) is -9.26. The van der Waals surface area contributed by atoms with Gasteiger partial charge >= 0.3 is 21.2 Å². The molecule has 9 nitrogen and oxygen atoms in total. The monoisotopic (exact) mass is 323 g/mol. The first-order valence-corrected chi connectivity index (χ1v) is 8.86. The zero-order valence-electron chi connectivity index (χ0n) is 9.16. The van der Waals surface area contributed by atoms with Gasteiger partial charge in [0.25, 0.3) is 0 Å². The van der Waals surface area contributed by atoms with Crippen LogP contribution in [0.15, 0.2) is 0 Å². The van der Waals surface area contributed by atoms with Crippen LogP contribution in [-0.4, -0.2) is 59.9 Å². The van der Waals surface area contributed by atoms with Crippen LogP contribution in [0, 0.1) is 0 Å². The molecule has 0 bridgehead atoms. The van der Waals surface area contributed by atoms with Crippen LogP contribution in [0.2, 0.25) is 0 Å². The number of thiol groups is 1. The molecule has 12 heteroatoms. The highest BCUT2D eigenvalue weighted by Gasteiger charge is 2.34. The summed E-state index contributed by atoms with van der Waals surface area (Å²) >= 11 is 3.79. The first kappa shape index (κ1) is 18.1. The molecule has 0 heterocycles. The van der Waals surface area contributed by atoms with Gasteiger partial charge in [0.15, 0.2) is 0 Å². The van der Waals surface area contributed by atoms with Gasteiger partial charge in [0.1, 0.15) is 18.6 Å². The van der Waals surface area contributed by atoms with Gasteiger partial charge in [-0.3, -0.25) is 18.8 Å². The van der Waals surface area contributed by atoms with Gasteiger partial charge in [-0.15, -0.1) is 0 Å². The van der Waals surface area contributed by atoms with Crippen molar-refractivity contribution in [1.29, 1.82) is 0 Å². The summed E-state index contributed by atoms with van der Waals surface area (Å²) < 4.78 is 21.7. The predicted octanol–water partition coefficient (Wildman–Crippen LogP) is -0.668. The average Bonchev–Trinajstić information content (AvgIpc) is 2.07. The molecule has 0 radical (unpaired) electrons. The van der Waals surface area contributed by atoms with Crippen LogP contribution >= 0.6 is 27.8 Å². The third-order valence-electron chi connectivity index (χ3n) is 1.86. The molecule has 0 unspecified atom stereocenters. The second-order valence-corrected chi connectivity index (χ2v) is 7.24. The zero-order chi connectivity index (χ0) is 14.6. The average molecular weight is 323 g/mol. The van der Waals surface area contributed by atoms with Crippen molar-refractivity contribution in [2.75, 3.05) is 18.3 Å². The van der Waals surface area contributed by atoms with E-state index in [9.17, 15) is 13.9 Å². The van der Waals surface area contributed by atoms with E-state index in [1.807, 2.05) is 0 Å². The van der Waals surface area contributed by atoms with Crippen LogP contribution < -0.4 is 0 Å². The standard InChI is InChI=1S/C6H15NO8P2S/c8-6(9)5(1-2-18)7(3-16(10,11)12)4-17(13,14)15/h5,18H,1-4H2,(H,8,9)(H2,10,11,12)(H2,13,14,15)/t5-/m1/s1. The minimum Gasteiger partial charge on any atom is -0.480 e. The molecule has 0 rings (SSSR count). The van der Waals surface area contributed by atoms with Gasteiger partial charge in [0.05, 0.1) is 0 Å². The second-order valence-electron chi connectivity index (χ2n) is 3.57. The molecule has 0 aliphatic rings. The molecule has 0 spiro atoms. The fourth-order valence-corrected chi connectivity index (χ4v) is 3.24. The second kappa shape index (κ2) is 7.02. The molecule has 0 saturated heterocycles. The lowest BCUT2D eigenvalue weighted by Gasteiger charge is -2.28. The molecular weight excluding hydrogens is 308 g/mol. The van der Waals surface area contributed by atoms with Gasteiger partial charge in [0, 0.05) is 0 Å². The van der Waals surface area contributed by atoms with Gasteiger partial charge in [-0.1, -0.05) is 0 Å². The highest BCUT2D eigenvalue weighted by atomic mass is 32.1. The first-order chi connectivity index (χ1) is 7.96. The normalized spacial score (nSPS) is 14.8. The molecule has 18 heavy (non-hydrogen) atoms. The van der Waals surface area contributed by atoms with Crippen molar-refractivity contribution >= 4 is 33.8 Å². The summed E-state index contributed by atoms with van der Waals surface area (Å²) in [6, 6.07) is -1.41. The molecular formula is C6H15NO8P2S. The minimum atomic E-state index is -4.63. The smallest absolute Gasteiger partial charge is 0.339 e. The van der Waals surface area contributed by atoms with Gasteiger partial charge in [-0.2, -0.15) is 12.6 Å². The maximum Gasteiger partial charge on any atom is 0.339 e. The molecule has 0 aromatic rings. The fourth-order valence-electron chi connectivity index (χ4n) is 1.30. The Kier molecular flexibility index (Phi) is 7.05. The summed E-state index contributed by atoms with van der Waals surface area (Å²) in [5.74, 6) is -1.33.